The lowest BCUT2D eigenvalue weighted by molar-refractivity contribution is -0.116. The molecule has 2 fully saturated rings. The van der Waals surface area contributed by atoms with Crippen LogP contribution >= 0.6 is 0 Å². The Morgan fingerprint density at radius 2 is 2.15 bits per heavy atom. The fourth-order valence-electron chi connectivity index (χ4n) is 3.96. The van der Waals surface area contributed by atoms with Gasteiger partial charge in [0.05, 0.1) is 0 Å². The summed E-state index contributed by atoms with van der Waals surface area (Å²) in [6, 6.07) is 0. The molecule has 3 aliphatic rings. The Bertz CT molecular complexity index is 309. The molecule has 0 heterocycles. The van der Waals surface area contributed by atoms with Crippen LogP contribution in [0.2, 0.25) is 0 Å². The number of carbonyl (C=O) groups is 1. The van der Waals surface area contributed by atoms with Gasteiger partial charge in [-0.1, -0.05) is 12.0 Å². The Balaban J connectivity index is 2.16. The van der Waals surface area contributed by atoms with Crippen LogP contribution in [-0.2, 0) is 4.79 Å². The number of hydrogen-bond acceptors (Lipinski definition) is 1. The largest absolute Gasteiger partial charge is 0.295 e. The molecule has 3 aliphatic carbocycles. The highest BCUT2D eigenvalue weighted by atomic mass is 16.1. The van der Waals surface area contributed by atoms with Crippen LogP contribution in [0.15, 0.2) is 11.1 Å². The number of hydrogen-bond donors (Lipinski definition) is 0. The van der Waals surface area contributed by atoms with Crippen molar-refractivity contribution in [1.29, 1.82) is 0 Å². The van der Waals surface area contributed by atoms with Gasteiger partial charge in [-0.05, 0) is 49.5 Å². The lowest BCUT2D eigenvalue weighted by atomic mass is 9.72. The van der Waals surface area contributed by atoms with E-state index in [1.165, 1.54) is 32.1 Å². The third-order valence-corrected chi connectivity index (χ3v) is 4.48. The zero-order chi connectivity index (χ0) is 9.05. The summed E-state index contributed by atoms with van der Waals surface area (Å²) >= 11 is 0. The van der Waals surface area contributed by atoms with E-state index in [1.54, 1.807) is 5.57 Å². The van der Waals surface area contributed by atoms with Gasteiger partial charge in [0.25, 0.3) is 0 Å². The van der Waals surface area contributed by atoms with Crippen LogP contribution < -0.4 is 0 Å². The molecule has 0 N–H and O–H groups in total. The highest BCUT2D eigenvalue weighted by Crippen LogP contribution is 2.61. The van der Waals surface area contributed by atoms with Crippen LogP contribution in [0.5, 0.6) is 0 Å². The number of carbonyl (C=O) groups excluding carboxylic acids is 1. The van der Waals surface area contributed by atoms with Crippen molar-refractivity contribution in [3.63, 3.8) is 0 Å². The van der Waals surface area contributed by atoms with Gasteiger partial charge >= 0.3 is 0 Å². The van der Waals surface area contributed by atoms with Gasteiger partial charge in [0.15, 0.2) is 5.78 Å². The second kappa shape index (κ2) is 2.26. The molecule has 1 nitrogen and oxygen atoms in total. The van der Waals surface area contributed by atoms with Crippen LogP contribution in [0.3, 0.4) is 0 Å². The molecule has 0 radical (unpaired) electrons. The maximum atomic E-state index is 11.7. The third kappa shape index (κ3) is 0.806. The van der Waals surface area contributed by atoms with Gasteiger partial charge in [0, 0.05) is 6.42 Å². The van der Waals surface area contributed by atoms with Gasteiger partial charge in [-0.25, -0.2) is 0 Å². The predicted molar refractivity (Wildman–Crippen MR) is 51.3 cm³/mol. The number of ketones is 1. The van der Waals surface area contributed by atoms with Crippen molar-refractivity contribution in [1.82, 2.24) is 0 Å². The van der Waals surface area contributed by atoms with E-state index < -0.39 is 0 Å². The van der Waals surface area contributed by atoms with Crippen LogP contribution in [0.25, 0.3) is 0 Å². The van der Waals surface area contributed by atoms with Crippen molar-refractivity contribution < 1.29 is 4.79 Å². The predicted octanol–water partition coefficient (Wildman–Crippen LogP) is 2.86. The third-order valence-electron chi connectivity index (χ3n) is 4.48. The molecule has 0 spiro atoms. The summed E-state index contributed by atoms with van der Waals surface area (Å²) in [5.41, 5.74) is 3.11. The molecular formula is C12H16O. The number of rotatable bonds is 0. The smallest absolute Gasteiger partial charge is 0.159 e. The Hall–Kier alpha value is -0.590. The van der Waals surface area contributed by atoms with Crippen molar-refractivity contribution in [2.24, 2.45) is 11.3 Å². The van der Waals surface area contributed by atoms with Crippen molar-refractivity contribution >= 4 is 5.78 Å². The second-order valence-electron chi connectivity index (χ2n) is 5.05. The van der Waals surface area contributed by atoms with Crippen LogP contribution in [0.1, 0.15) is 45.4 Å². The molecule has 3 rings (SSSR count). The molecule has 0 amide bonds. The maximum absolute atomic E-state index is 11.7. The average Bonchev–Trinajstić information content (AvgIpc) is 2.47. The highest BCUT2D eigenvalue weighted by molar-refractivity contribution is 5.99. The normalized spacial score (nSPS) is 42.8. The zero-order valence-electron chi connectivity index (χ0n) is 8.23. The molecule has 13 heavy (non-hydrogen) atoms. The molecule has 0 unspecified atom stereocenters. The molecule has 0 aliphatic heterocycles. The standard InChI is InChI=1S/C12H16O/c1-8-10(13)7-12-5-2-3-9(4-6-12)11(8)12/h9H,2-7H2,1H3/t9-,12+/m0/s1. The van der Waals surface area contributed by atoms with E-state index >= 15 is 0 Å². The first-order valence-corrected chi connectivity index (χ1v) is 5.47. The van der Waals surface area contributed by atoms with Crippen molar-refractivity contribution in [3.05, 3.63) is 11.1 Å². The van der Waals surface area contributed by atoms with Crippen molar-refractivity contribution in [3.8, 4) is 0 Å². The molecule has 0 aromatic rings. The maximum Gasteiger partial charge on any atom is 0.159 e. The van der Waals surface area contributed by atoms with Gasteiger partial charge in [0.1, 0.15) is 0 Å². The molecular weight excluding hydrogens is 160 g/mol. The number of Topliss-reactive ketones (excluding diaryl/α,β-unsaturated/α-hetero) is 1. The summed E-state index contributed by atoms with van der Waals surface area (Å²) in [6.07, 6.45) is 7.51. The lowest BCUT2D eigenvalue weighted by Crippen LogP contribution is -2.21. The minimum atomic E-state index is 0.379. The van der Waals surface area contributed by atoms with E-state index in [1.807, 2.05) is 0 Å². The fourth-order valence-corrected chi connectivity index (χ4v) is 3.96. The summed E-state index contributed by atoms with van der Waals surface area (Å²) in [5.74, 6) is 1.24. The molecule has 2 saturated carbocycles. The van der Waals surface area contributed by atoms with E-state index in [9.17, 15) is 4.79 Å². The van der Waals surface area contributed by atoms with Crippen LogP contribution in [-0.4, -0.2) is 5.78 Å². The zero-order valence-corrected chi connectivity index (χ0v) is 8.23. The average molecular weight is 176 g/mol. The monoisotopic (exact) mass is 176 g/mol. The van der Waals surface area contributed by atoms with Crippen LogP contribution in [0.4, 0.5) is 0 Å². The van der Waals surface area contributed by atoms with Crippen LogP contribution in [0, 0.1) is 11.3 Å². The van der Waals surface area contributed by atoms with E-state index in [0.717, 1.165) is 17.9 Å². The van der Waals surface area contributed by atoms with Gasteiger partial charge < -0.3 is 0 Å². The topological polar surface area (TPSA) is 17.1 Å². The Morgan fingerprint density at radius 1 is 1.31 bits per heavy atom. The van der Waals surface area contributed by atoms with E-state index in [0.29, 0.717) is 11.2 Å². The summed E-state index contributed by atoms with van der Waals surface area (Å²) in [6.45, 7) is 2.06. The van der Waals surface area contributed by atoms with E-state index in [2.05, 4.69) is 6.92 Å². The molecule has 0 aromatic heterocycles. The summed E-state index contributed by atoms with van der Waals surface area (Å²) in [7, 11) is 0. The first-order chi connectivity index (χ1) is 6.23. The first-order valence-electron chi connectivity index (χ1n) is 5.47. The van der Waals surface area contributed by atoms with E-state index in [4.69, 9.17) is 0 Å². The van der Waals surface area contributed by atoms with Gasteiger partial charge in [-0.3, -0.25) is 4.79 Å². The fraction of sp³-hybridized carbons (Fsp3) is 0.750. The molecule has 2 atom stereocenters. The highest BCUT2D eigenvalue weighted by Gasteiger charge is 2.52. The SMILES string of the molecule is CC1=C2[C@H]3CCC[C@@]2(CC3)CC1=O. The molecule has 0 saturated heterocycles. The van der Waals surface area contributed by atoms with Gasteiger partial charge in [-0.15, -0.1) is 0 Å². The molecule has 1 heteroatoms. The molecule has 70 valence electrons. The number of allylic oxidation sites excluding steroid dienone is 2. The minimum absolute atomic E-state index is 0.379. The Labute approximate surface area is 79.2 Å². The quantitative estimate of drug-likeness (QED) is 0.554. The minimum Gasteiger partial charge on any atom is -0.295 e. The Kier molecular flexibility index (Phi) is 1.35. The van der Waals surface area contributed by atoms with E-state index in [-0.39, 0.29) is 0 Å². The molecule has 2 bridgehead atoms. The van der Waals surface area contributed by atoms with Gasteiger partial charge in [0.2, 0.25) is 0 Å². The lowest BCUT2D eigenvalue weighted by Gasteiger charge is -2.31. The Morgan fingerprint density at radius 3 is 2.92 bits per heavy atom. The summed E-state index contributed by atoms with van der Waals surface area (Å²) in [5, 5.41) is 0. The summed E-state index contributed by atoms with van der Waals surface area (Å²) < 4.78 is 0. The molecule has 0 aromatic carbocycles. The van der Waals surface area contributed by atoms with Gasteiger partial charge in [-0.2, -0.15) is 0 Å². The summed E-state index contributed by atoms with van der Waals surface area (Å²) in [4.78, 5) is 11.7. The first kappa shape index (κ1) is 7.78. The van der Waals surface area contributed by atoms with Crippen molar-refractivity contribution in [2.75, 3.05) is 0 Å². The van der Waals surface area contributed by atoms with Crippen molar-refractivity contribution in [2.45, 2.75) is 45.4 Å². The second-order valence-corrected chi connectivity index (χ2v) is 5.05.